The number of anilines is 1. The number of ether oxygens (including phenoxy) is 2. The molecule has 3 aliphatic heterocycles. The van der Waals surface area contributed by atoms with Crippen molar-refractivity contribution in [2.75, 3.05) is 58.3 Å². The summed E-state index contributed by atoms with van der Waals surface area (Å²) in [4.78, 5) is 39.2. The first kappa shape index (κ1) is 29.2. The van der Waals surface area contributed by atoms with Gasteiger partial charge in [0.1, 0.15) is 45.9 Å². The lowest BCUT2D eigenvalue weighted by atomic mass is 10.0. The van der Waals surface area contributed by atoms with E-state index < -0.39 is 23.6 Å². The summed E-state index contributed by atoms with van der Waals surface area (Å²) in [5, 5.41) is 10.5. The zero-order chi connectivity index (χ0) is 29.6. The number of piperazine rings is 1. The van der Waals surface area contributed by atoms with E-state index in [9.17, 15) is 14.7 Å². The van der Waals surface area contributed by atoms with Gasteiger partial charge < -0.3 is 34.2 Å². The third-order valence-electron chi connectivity index (χ3n) is 7.83. The number of hydrogen-bond donors (Lipinski definition) is 1. The van der Waals surface area contributed by atoms with Crippen molar-refractivity contribution in [2.45, 2.75) is 51.3 Å². The Morgan fingerprint density at radius 1 is 1.17 bits per heavy atom. The van der Waals surface area contributed by atoms with E-state index in [2.05, 4.69) is 4.90 Å². The van der Waals surface area contributed by atoms with Gasteiger partial charge in [-0.15, -0.1) is 0 Å². The molecule has 5 rings (SSSR count). The molecule has 2 saturated heterocycles. The van der Waals surface area contributed by atoms with Crippen LogP contribution >= 0.6 is 11.6 Å². The smallest absolute Gasteiger partial charge is 0.410 e. The number of halogens is 2. The van der Waals surface area contributed by atoms with Crippen LogP contribution in [0.4, 0.5) is 15.0 Å². The zero-order valence-corrected chi connectivity index (χ0v) is 24.9. The molecule has 41 heavy (non-hydrogen) atoms. The number of hydrogen-bond acceptors (Lipinski definition) is 8. The van der Waals surface area contributed by atoms with Crippen LogP contribution in [-0.4, -0.2) is 108 Å². The van der Waals surface area contributed by atoms with Gasteiger partial charge in [0, 0.05) is 38.8 Å². The van der Waals surface area contributed by atoms with Crippen LogP contribution in [0.2, 0.25) is 5.02 Å². The third kappa shape index (κ3) is 5.74. The number of carbonyl (C=O) groups excluding carboxylic acids is 2. The SMILES string of the molecule is CN(C)C1CCN(c2nc(-c3c(O)cccc3F)c(Cl)c3c2C(=O)N2CCN(C(=O)OC(C)(C)C)C[C@@H]2CO3)CC1. The minimum absolute atomic E-state index is 0.00815. The molecule has 1 aromatic carbocycles. The van der Waals surface area contributed by atoms with Gasteiger partial charge in [0.15, 0.2) is 5.75 Å². The van der Waals surface area contributed by atoms with Crippen LogP contribution in [0.25, 0.3) is 11.3 Å². The first-order valence-electron chi connectivity index (χ1n) is 13.9. The van der Waals surface area contributed by atoms with E-state index in [4.69, 9.17) is 26.1 Å². The molecule has 222 valence electrons. The molecule has 0 spiro atoms. The molecule has 0 bridgehead atoms. The summed E-state index contributed by atoms with van der Waals surface area (Å²) in [5.74, 6) is -0.870. The number of aromatic nitrogens is 1. The predicted molar refractivity (Wildman–Crippen MR) is 153 cm³/mol. The summed E-state index contributed by atoms with van der Waals surface area (Å²) < 4.78 is 26.8. The maximum Gasteiger partial charge on any atom is 0.410 e. The molecule has 12 heteroatoms. The standard InChI is InChI=1S/C29H37ClFN5O5/c1-29(2,3)41-28(39)35-13-14-36-18(15-35)16-40-25-22(27(36)38)26(34-11-9-17(10-12-34)33(4)5)32-24(23(25)30)21-19(31)7-6-8-20(21)37/h6-8,17-18,37H,9-16H2,1-5H3/t18-/m1/s1. The van der Waals surface area contributed by atoms with Crippen molar-refractivity contribution in [1.82, 2.24) is 19.7 Å². The van der Waals surface area contributed by atoms with Crippen LogP contribution in [0.5, 0.6) is 11.5 Å². The molecular weight excluding hydrogens is 553 g/mol. The lowest BCUT2D eigenvalue weighted by molar-refractivity contribution is 0.000954. The van der Waals surface area contributed by atoms with Crippen molar-refractivity contribution in [3.05, 3.63) is 34.6 Å². The molecular formula is C29H37ClFN5O5. The van der Waals surface area contributed by atoms with E-state index in [1.54, 1.807) is 30.6 Å². The number of phenolic OH excluding ortho intramolecular Hbond substituents is 1. The number of rotatable bonds is 3. The number of benzene rings is 1. The molecule has 3 aliphatic rings. The number of amides is 2. The molecule has 0 aliphatic carbocycles. The molecule has 10 nitrogen and oxygen atoms in total. The zero-order valence-electron chi connectivity index (χ0n) is 24.1. The number of pyridine rings is 1. The highest BCUT2D eigenvalue weighted by molar-refractivity contribution is 6.35. The van der Waals surface area contributed by atoms with Crippen molar-refractivity contribution in [1.29, 1.82) is 0 Å². The van der Waals surface area contributed by atoms with Gasteiger partial charge in [0.05, 0.1) is 11.6 Å². The summed E-state index contributed by atoms with van der Waals surface area (Å²) >= 11 is 6.82. The van der Waals surface area contributed by atoms with Gasteiger partial charge in [-0.3, -0.25) is 4.79 Å². The second kappa shape index (κ2) is 11.2. The van der Waals surface area contributed by atoms with Gasteiger partial charge in [0.25, 0.3) is 5.91 Å². The Balaban J connectivity index is 1.56. The number of nitrogens with zero attached hydrogens (tertiary/aromatic N) is 5. The summed E-state index contributed by atoms with van der Waals surface area (Å²) in [7, 11) is 4.08. The molecule has 1 N–H and O–H groups in total. The topological polar surface area (TPSA) is 98.7 Å². The highest BCUT2D eigenvalue weighted by Gasteiger charge is 2.42. The van der Waals surface area contributed by atoms with Gasteiger partial charge in [-0.1, -0.05) is 17.7 Å². The molecule has 4 heterocycles. The fourth-order valence-electron chi connectivity index (χ4n) is 5.67. The Labute approximate surface area is 244 Å². The second-order valence-electron chi connectivity index (χ2n) is 12.0. The number of carbonyl (C=O) groups is 2. The van der Waals surface area contributed by atoms with Crippen LogP contribution in [0.1, 0.15) is 44.0 Å². The van der Waals surface area contributed by atoms with Crippen molar-refractivity contribution < 1.29 is 28.6 Å². The van der Waals surface area contributed by atoms with Crippen LogP contribution < -0.4 is 9.64 Å². The van der Waals surface area contributed by atoms with Gasteiger partial charge in [0.2, 0.25) is 0 Å². The highest BCUT2D eigenvalue weighted by atomic mass is 35.5. The van der Waals surface area contributed by atoms with Gasteiger partial charge in [-0.05, 0) is 59.8 Å². The van der Waals surface area contributed by atoms with Gasteiger partial charge in [-0.2, -0.15) is 0 Å². The van der Waals surface area contributed by atoms with Crippen LogP contribution in [0.15, 0.2) is 18.2 Å². The second-order valence-corrected chi connectivity index (χ2v) is 12.4. The van der Waals surface area contributed by atoms with Crippen LogP contribution in [0.3, 0.4) is 0 Å². The highest BCUT2D eigenvalue weighted by Crippen LogP contribution is 2.46. The fourth-order valence-corrected chi connectivity index (χ4v) is 5.96. The van der Waals surface area contributed by atoms with E-state index in [0.717, 1.165) is 12.8 Å². The average Bonchev–Trinajstić information content (AvgIpc) is 3.05. The maximum atomic E-state index is 15.1. The van der Waals surface area contributed by atoms with Gasteiger partial charge >= 0.3 is 6.09 Å². The predicted octanol–water partition coefficient (Wildman–Crippen LogP) is 4.23. The van der Waals surface area contributed by atoms with Crippen molar-refractivity contribution in [2.24, 2.45) is 0 Å². The van der Waals surface area contributed by atoms with E-state index in [1.807, 2.05) is 19.0 Å². The van der Waals surface area contributed by atoms with Gasteiger partial charge in [-0.25, -0.2) is 14.2 Å². The van der Waals surface area contributed by atoms with E-state index in [-0.39, 0.29) is 58.9 Å². The van der Waals surface area contributed by atoms with E-state index in [1.165, 1.54) is 18.2 Å². The molecule has 1 atom stereocenters. The minimum Gasteiger partial charge on any atom is -0.507 e. The minimum atomic E-state index is -0.693. The van der Waals surface area contributed by atoms with E-state index >= 15 is 4.39 Å². The Morgan fingerprint density at radius 2 is 1.88 bits per heavy atom. The maximum absolute atomic E-state index is 15.1. The number of fused-ring (bicyclic) bond motifs is 2. The van der Waals surface area contributed by atoms with Crippen LogP contribution in [-0.2, 0) is 4.74 Å². The summed E-state index contributed by atoms with van der Waals surface area (Å²) in [5.41, 5.74) is -0.581. The van der Waals surface area contributed by atoms with E-state index in [0.29, 0.717) is 31.5 Å². The molecule has 2 amide bonds. The Morgan fingerprint density at radius 3 is 2.51 bits per heavy atom. The quantitative estimate of drug-likeness (QED) is 0.568. The Hall–Kier alpha value is -3.31. The Kier molecular flexibility index (Phi) is 7.95. The molecule has 0 saturated carbocycles. The fraction of sp³-hybridized carbons (Fsp3) is 0.552. The van der Waals surface area contributed by atoms with Crippen molar-refractivity contribution in [3.8, 4) is 22.8 Å². The summed E-state index contributed by atoms with van der Waals surface area (Å²) in [6, 6.07) is 3.90. The molecule has 0 unspecified atom stereocenters. The normalized spacial score (nSPS) is 20.0. The first-order valence-corrected chi connectivity index (χ1v) is 14.3. The number of piperidine rings is 1. The molecule has 2 fully saturated rings. The third-order valence-corrected chi connectivity index (χ3v) is 8.18. The van der Waals surface area contributed by atoms with Crippen molar-refractivity contribution in [3.63, 3.8) is 0 Å². The monoisotopic (exact) mass is 589 g/mol. The number of phenols is 1. The summed E-state index contributed by atoms with van der Waals surface area (Å²) in [6.45, 7) is 7.53. The molecule has 0 radical (unpaired) electrons. The molecule has 2 aromatic rings. The number of aromatic hydroxyl groups is 1. The average molecular weight is 590 g/mol. The van der Waals surface area contributed by atoms with Crippen LogP contribution in [0, 0.1) is 5.82 Å². The largest absolute Gasteiger partial charge is 0.507 e. The molecule has 1 aromatic heterocycles. The lowest BCUT2D eigenvalue weighted by Gasteiger charge is -2.40. The first-order chi connectivity index (χ1) is 19.4. The summed E-state index contributed by atoms with van der Waals surface area (Å²) in [6.07, 6.45) is 1.24. The Bertz CT molecular complexity index is 1320. The van der Waals surface area contributed by atoms with Crippen molar-refractivity contribution >= 4 is 29.4 Å². The lowest BCUT2D eigenvalue weighted by Crippen LogP contribution is -2.58.